The van der Waals surface area contributed by atoms with Crippen molar-refractivity contribution in [1.29, 1.82) is 0 Å². The maximum absolute atomic E-state index is 13.3. The zero-order valence-electron chi connectivity index (χ0n) is 21.3. The summed E-state index contributed by atoms with van der Waals surface area (Å²) >= 11 is 0. The third kappa shape index (κ3) is 5.58. The van der Waals surface area contributed by atoms with Crippen LogP contribution in [-0.2, 0) is 29.1 Å². The molecule has 2 N–H and O–H groups in total. The van der Waals surface area contributed by atoms with Crippen LogP contribution in [0.3, 0.4) is 0 Å². The van der Waals surface area contributed by atoms with Crippen molar-refractivity contribution in [3.05, 3.63) is 65.1 Å². The SMILES string of the molecule is O=C(NCc1ccccc1)OCc1nc2ccc(C[C@H]3C[C@@H](C(F)(F)F)CNC3=O)nn2c1C1C[C@@H]2C[C@H]2C1. The summed E-state index contributed by atoms with van der Waals surface area (Å²) in [7, 11) is 0. The predicted octanol–water partition coefficient (Wildman–Crippen LogP) is 4.53. The van der Waals surface area contributed by atoms with Crippen LogP contribution < -0.4 is 10.6 Å². The van der Waals surface area contributed by atoms with E-state index in [1.807, 2.05) is 30.3 Å². The highest BCUT2D eigenvalue weighted by Gasteiger charge is 2.48. The van der Waals surface area contributed by atoms with Gasteiger partial charge in [0.15, 0.2) is 5.65 Å². The zero-order chi connectivity index (χ0) is 27.1. The van der Waals surface area contributed by atoms with Crippen molar-refractivity contribution in [2.24, 2.45) is 23.7 Å². The highest BCUT2D eigenvalue weighted by atomic mass is 19.4. The normalized spacial score (nSPS) is 24.8. The summed E-state index contributed by atoms with van der Waals surface area (Å²) in [6.45, 7) is -0.0550. The second-order valence-corrected chi connectivity index (χ2v) is 11.0. The molecule has 206 valence electrons. The first-order valence-electron chi connectivity index (χ1n) is 13.4. The standard InChI is InChI=1S/C28H30F3N5O3/c29-28(30,31)21-11-20(26(37)32-14-21)12-22-6-7-24-34-23(15-39-27(38)33-13-16-4-2-1-3-5-16)25(36(24)35-22)19-9-17-8-18(17)10-19/h1-7,17-21H,8-15H2,(H,32,37)(H,33,38)/t17-,18-,20+,21+/m0/s1. The number of nitrogens with zero attached hydrogens (tertiary/aromatic N) is 3. The molecule has 2 aromatic heterocycles. The molecular formula is C28H30F3N5O3. The quantitative estimate of drug-likeness (QED) is 0.458. The molecular weight excluding hydrogens is 511 g/mol. The second-order valence-electron chi connectivity index (χ2n) is 11.0. The average molecular weight is 542 g/mol. The Morgan fingerprint density at radius 3 is 2.59 bits per heavy atom. The van der Waals surface area contributed by atoms with Gasteiger partial charge in [-0.15, -0.1) is 0 Å². The van der Waals surface area contributed by atoms with E-state index in [0.717, 1.165) is 24.1 Å². The Morgan fingerprint density at radius 2 is 1.85 bits per heavy atom. The van der Waals surface area contributed by atoms with Crippen LogP contribution in [0.5, 0.6) is 0 Å². The Bertz CT molecular complexity index is 1370. The van der Waals surface area contributed by atoms with Crippen LogP contribution in [-0.4, -0.2) is 39.3 Å². The lowest BCUT2D eigenvalue weighted by Gasteiger charge is -2.30. The van der Waals surface area contributed by atoms with Gasteiger partial charge < -0.3 is 15.4 Å². The molecule has 8 nitrogen and oxygen atoms in total. The van der Waals surface area contributed by atoms with Crippen molar-refractivity contribution >= 4 is 17.6 Å². The van der Waals surface area contributed by atoms with E-state index in [4.69, 9.17) is 14.8 Å². The maximum atomic E-state index is 13.3. The number of nitrogens with one attached hydrogen (secondary N) is 2. The lowest BCUT2D eigenvalue weighted by atomic mass is 9.86. The molecule has 6 rings (SSSR count). The van der Waals surface area contributed by atoms with Crippen LogP contribution in [0.15, 0.2) is 42.5 Å². The van der Waals surface area contributed by atoms with E-state index < -0.39 is 24.1 Å². The molecule has 0 spiro atoms. The second kappa shape index (κ2) is 10.2. The molecule has 0 radical (unpaired) electrons. The first-order valence-corrected chi connectivity index (χ1v) is 13.4. The fourth-order valence-electron chi connectivity index (χ4n) is 6.13. The van der Waals surface area contributed by atoms with E-state index in [-0.39, 0.29) is 37.8 Å². The number of piperidine rings is 1. The van der Waals surface area contributed by atoms with Crippen LogP contribution in [0.1, 0.15) is 54.2 Å². The van der Waals surface area contributed by atoms with Gasteiger partial charge in [-0.2, -0.15) is 18.3 Å². The smallest absolute Gasteiger partial charge is 0.407 e. The summed E-state index contributed by atoms with van der Waals surface area (Å²) in [6.07, 6.45) is -1.80. The van der Waals surface area contributed by atoms with Crippen molar-refractivity contribution in [3.63, 3.8) is 0 Å². The van der Waals surface area contributed by atoms with Crippen molar-refractivity contribution in [2.75, 3.05) is 6.54 Å². The van der Waals surface area contributed by atoms with Gasteiger partial charge in [0.25, 0.3) is 0 Å². The third-order valence-electron chi connectivity index (χ3n) is 8.27. The molecule has 3 heterocycles. The highest BCUT2D eigenvalue weighted by molar-refractivity contribution is 5.79. The highest BCUT2D eigenvalue weighted by Crippen LogP contribution is 2.57. The topological polar surface area (TPSA) is 97.6 Å². The summed E-state index contributed by atoms with van der Waals surface area (Å²) < 4.78 is 47.1. The molecule has 1 aromatic carbocycles. The summed E-state index contributed by atoms with van der Waals surface area (Å²) in [5.41, 5.74) is 3.58. The number of amides is 2. The number of halogens is 3. The minimum atomic E-state index is -4.35. The molecule has 3 aromatic rings. The number of imidazole rings is 1. The number of hydrogen-bond donors (Lipinski definition) is 2. The van der Waals surface area contributed by atoms with Crippen LogP contribution in [0, 0.1) is 23.7 Å². The third-order valence-corrected chi connectivity index (χ3v) is 8.27. The molecule has 0 bridgehead atoms. The van der Waals surface area contributed by atoms with Crippen LogP contribution >= 0.6 is 0 Å². The van der Waals surface area contributed by atoms with Gasteiger partial charge in [-0.25, -0.2) is 14.3 Å². The Balaban J connectivity index is 1.20. The summed E-state index contributed by atoms with van der Waals surface area (Å²) in [5.74, 6) is -1.15. The van der Waals surface area contributed by atoms with Crippen molar-refractivity contribution in [3.8, 4) is 0 Å². The van der Waals surface area contributed by atoms with E-state index in [2.05, 4.69) is 10.6 Å². The van der Waals surface area contributed by atoms with Gasteiger partial charge in [0.2, 0.25) is 5.91 Å². The lowest BCUT2D eigenvalue weighted by Crippen LogP contribution is -2.47. The molecule has 3 fully saturated rings. The molecule has 2 saturated carbocycles. The molecule has 4 atom stereocenters. The van der Waals surface area contributed by atoms with Crippen LogP contribution in [0.4, 0.5) is 18.0 Å². The van der Waals surface area contributed by atoms with Crippen LogP contribution in [0.25, 0.3) is 5.65 Å². The maximum Gasteiger partial charge on any atom is 0.407 e. The van der Waals surface area contributed by atoms with Crippen molar-refractivity contribution in [2.45, 2.75) is 57.3 Å². The Labute approximate surface area is 223 Å². The molecule has 11 heteroatoms. The van der Waals surface area contributed by atoms with E-state index in [0.29, 0.717) is 35.4 Å². The van der Waals surface area contributed by atoms with Crippen molar-refractivity contribution in [1.82, 2.24) is 25.2 Å². The van der Waals surface area contributed by atoms with E-state index >= 15 is 0 Å². The fourth-order valence-corrected chi connectivity index (χ4v) is 6.13. The molecule has 2 aliphatic carbocycles. The van der Waals surface area contributed by atoms with E-state index in [9.17, 15) is 22.8 Å². The summed E-state index contributed by atoms with van der Waals surface area (Å²) in [6, 6.07) is 13.0. The van der Waals surface area contributed by atoms with Gasteiger partial charge in [-0.1, -0.05) is 30.3 Å². The minimum Gasteiger partial charge on any atom is -0.443 e. The Hall–Kier alpha value is -3.63. The molecule has 39 heavy (non-hydrogen) atoms. The first kappa shape index (κ1) is 25.6. The Morgan fingerprint density at radius 1 is 1.08 bits per heavy atom. The number of alkyl carbamates (subject to hydrolysis) is 1. The van der Waals surface area contributed by atoms with Gasteiger partial charge >= 0.3 is 12.3 Å². The molecule has 3 aliphatic rings. The molecule has 0 unspecified atom stereocenters. The minimum absolute atomic E-state index is 0.0151. The van der Waals surface area contributed by atoms with Crippen LogP contribution in [0.2, 0.25) is 0 Å². The predicted molar refractivity (Wildman–Crippen MR) is 134 cm³/mol. The number of rotatable bonds is 7. The van der Waals surface area contributed by atoms with Gasteiger partial charge in [0, 0.05) is 31.3 Å². The molecule has 2 amide bonds. The first-order chi connectivity index (χ1) is 18.7. The number of hydrogen-bond acceptors (Lipinski definition) is 5. The van der Waals surface area contributed by atoms with Gasteiger partial charge in [-0.3, -0.25) is 4.79 Å². The number of aromatic nitrogens is 3. The van der Waals surface area contributed by atoms with Gasteiger partial charge in [0.1, 0.15) is 12.3 Å². The van der Waals surface area contributed by atoms with Gasteiger partial charge in [-0.05, 0) is 55.2 Å². The fraction of sp³-hybridized carbons (Fsp3) is 0.500. The number of fused-ring (bicyclic) bond motifs is 2. The number of alkyl halides is 3. The molecule has 1 saturated heterocycles. The number of benzene rings is 1. The van der Waals surface area contributed by atoms with E-state index in [1.54, 1.807) is 16.6 Å². The summed E-state index contributed by atoms with van der Waals surface area (Å²) in [5, 5.41) is 9.89. The zero-order valence-corrected chi connectivity index (χ0v) is 21.3. The number of ether oxygens (including phenoxy) is 1. The number of carbonyl (C=O) groups excluding carboxylic acids is 2. The average Bonchev–Trinajstić information content (AvgIpc) is 3.35. The largest absolute Gasteiger partial charge is 0.443 e. The lowest BCUT2D eigenvalue weighted by molar-refractivity contribution is -0.183. The Kier molecular flexibility index (Phi) is 6.68. The molecule has 1 aliphatic heterocycles. The summed E-state index contributed by atoms with van der Waals surface area (Å²) in [4.78, 5) is 29.5. The van der Waals surface area contributed by atoms with Crippen molar-refractivity contribution < 1.29 is 27.5 Å². The van der Waals surface area contributed by atoms with E-state index in [1.165, 1.54) is 6.42 Å². The van der Waals surface area contributed by atoms with Gasteiger partial charge in [0.05, 0.1) is 17.3 Å². The number of carbonyl (C=O) groups is 2. The monoisotopic (exact) mass is 541 g/mol.